The molecule has 0 aliphatic rings. The Hall–Kier alpha value is -2.25. The first kappa shape index (κ1) is 20.5. The Kier molecular flexibility index (Phi) is 5.86. The van der Waals surface area contributed by atoms with E-state index in [0.29, 0.717) is 46.2 Å². The van der Waals surface area contributed by atoms with E-state index in [1.54, 1.807) is 23.7 Å². The molecular weight excluding hydrogens is 401 g/mol. The van der Waals surface area contributed by atoms with E-state index >= 15 is 0 Å². The van der Waals surface area contributed by atoms with Crippen molar-refractivity contribution in [1.82, 2.24) is 18.7 Å². The van der Waals surface area contributed by atoms with Crippen LogP contribution in [0.4, 0.5) is 5.95 Å². The van der Waals surface area contributed by atoms with Gasteiger partial charge in [-0.05, 0) is 30.0 Å². The summed E-state index contributed by atoms with van der Waals surface area (Å²) in [5.74, 6) is 1.07. The van der Waals surface area contributed by atoms with E-state index < -0.39 is 5.69 Å². The van der Waals surface area contributed by atoms with Crippen LogP contribution in [0.1, 0.15) is 25.8 Å². The third-order valence-corrected chi connectivity index (χ3v) is 5.42. The minimum Gasteiger partial charge on any atom is -0.356 e. The number of nitrogens with one attached hydrogen (secondary N) is 1. The molecule has 9 heteroatoms. The van der Waals surface area contributed by atoms with Gasteiger partial charge in [0.1, 0.15) is 0 Å². The Balaban J connectivity index is 2.17. The van der Waals surface area contributed by atoms with Crippen molar-refractivity contribution in [2.75, 3.05) is 11.9 Å². The minimum absolute atomic E-state index is 0.347. The zero-order chi connectivity index (χ0) is 20.6. The molecule has 2 aromatic heterocycles. The number of fused-ring (bicyclic) bond motifs is 1. The summed E-state index contributed by atoms with van der Waals surface area (Å²) in [5, 5.41) is 4.21. The summed E-state index contributed by atoms with van der Waals surface area (Å²) in [6.07, 6.45) is 0.951. The molecule has 0 aliphatic carbocycles. The fourth-order valence-electron chi connectivity index (χ4n) is 3.03. The van der Waals surface area contributed by atoms with Gasteiger partial charge in [0.15, 0.2) is 11.2 Å². The summed E-state index contributed by atoms with van der Waals surface area (Å²) >= 11 is 12.2. The molecule has 0 bridgehead atoms. The van der Waals surface area contributed by atoms with E-state index in [1.807, 2.05) is 6.07 Å². The maximum atomic E-state index is 12.8. The van der Waals surface area contributed by atoms with Crippen LogP contribution >= 0.6 is 23.2 Å². The molecule has 0 amide bonds. The molecule has 0 fully saturated rings. The fourth-order valence-corrected chi connectivity index (χ4v) is 3.35. The molecule has 0 unspecified atom stereocenters. The highest BCUT2D eigenvalue weighted by Crippen LogP contribution is 2.25. The van der Waals surface area contributed by atoms with Crippen LogP contribution in [0.15, 0.2) is 27.8 Å². The molecule has 1 N–H and O–H groups in total. The zero-order valence-electron chi connectivity index (χ0n) is 16.3. The highest BCUT2D eigenvalue weighted by Gasteiger charge is 2.19. The van der Waals surface area contributed by atoms with Gasteiger partial charge in [-0.15, -0.1) is 0 Å². The molecule has 0 atom stereocenters. The third kappa shape index (κ3) is 3.82. The first-order chi connectivity index (χ1) is 13.2. The molecule has 3 aromatic rings. The molecule has 150 valence electrons. The fraction of sp³-hybridized carbons (Fsp3) is 0.421. The molecule has 1 aromatic carbocycles. The largest absolute Gasteiger partial charge is 0.356 e. The predicted molar refractivity (Wildman–Crippen MR) is 114 cm³/mol. The highest BCUT2D eigenvalue weighted by atomic mass is 35.5. The first-order valence-corrected chi connectivity index (χ1v) is 9.80. The van der Waals surface area contributed by atoms with Crippen molar-refractivity contribution >= 4 is 40.3 Å². The highest BCUT2D eigenvalue weighted by molar-refractivity contribution is 6.42. The van der Waals surface area contributed by atoms with Crippen molar-refractivity contribution in [3.8, 4) is 0 Å². The van der Waals surface area contributed by atoms with E-state index in [2.05, 4.69) is 24.1 Å². The van der Waals surface area contributed by atoms with E-state index in [1.165, 1.54) is 11.6 Å². The van der Waals surface area contributed by atoms with Crippen molar-refractivity contribution in [3.05, 3.63) is 54.6 Å². The summed E-state index contributed by atoms with van der Waals surface area (Å²) in [7, 11) is 3.07. The molecule has 28 heavy (non-hydrogen) atoms. The molecular formula is C19H23Cl2N5O2. The number of aryl methyl sites for hydroxylation is 1. The van der Waals surface area contributed by atoms with Crippen LogP contribution in [0.3, 0.4) is 0 Å². The van der Waals surface area contributed by atoms with Crippen LogP contribution in [-0.2, 0) is 20.6 Å². The number of hydrogen-bond donors (Lipinski definition) is 1. The first-order valence-electron chi connectivity index (χ1n) is 9.04. The smallest absolute Gasteiger partial charge is 0.332 e. The average Bonchev–Trinajstić information content (AvgIpc) is 2.99. The van der Waals surface area contributed by atoms with Gasteiger partial charge in [0, 0.05) is 20.6 Å². The second-order valence-electron chi connectivity index (χ2n) is 7.26. The molecule has 3 rings (SSSR count). The van der Waals surface area contributed by atoms with E-state index in [4.69, 9.17) is 23.2 Å². The van der Waals surface area contributed by atoms with Crippen LogP contribution in [0.25, 0.3) is 11.2 Å². The van der Waals surface area contributed by atoms with E-state index in [-0.39, 0.29) is 5.56 Å². The Morgan fingerprint density at radius 3 is 2.46 bits per heavy atom. The van der Waals surface area contributed by atoms with Crippen LogP contribution in [0.5, 0.6) is 0 Å². The Bertz CT molecular complexity index is 1140. The average molecular weight is 424 g/mol. The number of aromatic nitrogens is 4. The van der Waals surface area contributed by atoms with Crippen LogP contribution < -0.4 is 16.6 Å². The summed E-state index contributed by atoms with van der Waals surface area (Å²) in [4.78, 5) is 29.7. The van der Waals surface area contributed by atoms with Gasteiger partial charge in [0.2, 0.25) is 5.95 Å². The zero-order valence-corrected chi connectivity index (χ0v) is 17.8. The summed E-state index contributed by atoms with van der Waals surface area (Å²) in [6.45, 7) is 5.35. The monoisotopic (exact) mass is 423 g/mol. The number of halogens is 2. The third-order valence-electron chi connectivity index (χ3n) is 4.68. The SMILES string of the molecule is CC(C)CCNc1nc2c(c(=O)n(C)c(=O)n2C)n1Cc1ccc(Cl)c(Cl)c1. The van der Waals surface area contributed by atoms with Gasteiger partial charge in [-0.2, -0.15) is 4.98 Å². The van der Waals surface area contributed by atoms with Gasteiger partial charge in [-0.25, -0.2) is 4.79 Å². The maximum absolute atomic E-state index is 12.8. The maximum Gasteiger partial charge on any atom is 0.332 e. The van der Waals surface area contributed by atoms with Gasteiger partial charge in [-0.3, -0.25) is 18.5 Å². The van der Waals surface area contributed by atoms with Crippen molar-refractivity contribution in [1.29, 1.82) is 0 Å². The minimum atomic E-state index is -0.412. The van der Waals surface area contributed by atoms with Crippen molar-refractivity contribution < 1.29 is 0 Å². The van der Waals surface area contributed by atoms with Gasteiger partial charge in [0.05, 0.1) is 16.6 Å². The summed E-state index contributed by atoms with van der Waals surface area (Å²) < 4.78 is 4.26. The van der Waals surface area contributed by atoms with Gasteiger partial charge >= 0.3 is 5.69 Å². The topological polar surface area (TPSA) is 73.8 Å². The number of nitrogens with zero attached hydrogens (tertiary/aromatic N) is 4. The standard InChI is InChI=1S/C19H23Cl2N5O2/c1-11(2)7-8-22-18-23-16-15(17(27)25(4)19(28)24(16)3)26(18)10-12-5-6-13(20)14(21)9-12/h5-6,9,11H,7-8,10H2,1-4H3,(H,22,23). The van der Waals surface area contributed by atoms with Crippen molar-refractivity contribution in [3.63, 3.8) is 0 Å². The lowest BCUT2D eigenvalue weighted by atomic mass is 10.1. The lowest BCUT2D eigenvalue weighted by Crippen LogP contribution is -2.37. The predicted octanol–water partition coefficient (Wildman–Crippen LogP) is 3.25. The number of benzene rings is 1. The molecule has 0 saturated carbocycles. The lowest BCUT2D eigenvalue weighted by molar-refractivity contribution is 0.604. The van der Waals surface area contributed by atoms with E-state index in [9.17, 15) is 9.59 Å². The Morgan fingerprint density at radius 1 is 1.11 bits per heavy atom. The molecule has 0 aliphatic heterocycles. The van der Waals surface area contributed by atoms with Gasteiger partial charge in [0.25, 0.3) is 5.56 Å². The number of imidazole rings is 1. The summed E-state index contributed by atoms with van der Waals surface area (Å²) in [5.41, 5.74) is 0.785. The van der Waals surface area contributed by atoms with Crippen LogP contribution in [-0.4, -0.2) is 25.2 Å². The molecule has 0 spiro atoms. The van der Waals surface area contributed by atoms with E-state index in [0.717, 1.165) is 16.6 Å². The molecule has 0 saturated heterocycles. The van der Waals surface area contributed by atoms with Gasteiger partial charge < -0.3 is 5.32 Å². The Morgan fingerprint density at radius 2 is 1.82 bits per heavy atom. The number of rotatable bonds is 6. The molecule has 0 radical (unpaired) electrons. The van der Waals surface area contributed by atoms with Crippen molar-refractivity contribution in [2.24, 2.45) is 20.0 Å². The quantitative estimate of drug-likeness (QED) is 0.660. The Labute approximate surface area is 172 Å². The summed E-state index contributed by atoms with van der Waals surface area (Å²) in [6, 6.07) is 5.34. The van der Waals surface area contributed by atoms with Gasteiger partial charge in [-0.1, -0.05) is 43.1 Å². The molecule has 2 heterocycles. The van der Waals surface area contributed by atoms with Crippen LogP contribution in [0, 0.1) is 5.92 Å². The van der Waals surface area contributed by atoms with Crippen molar-refractivity contribution in [2.45, 2.75) is 26.8 Å². The molecule has 7 nitrogen and oxygen atoms in total. The number of hydrogen-bond acceptors (Lipinski definition) is 4. The lowest BCUT2D eigenvalue weighted by Gasteiger charge is -2.12. The number of anilines is 1. The van der Waals surface area contributed by atoms with Crippen LogP contribution in [0.2, 0.25) is 10.0 Å². The second-order valence-corrected chi connectivity index (χ2v) is 8.07. The normalized spacial score (nSPS) is 11.5. The second kappa shape index (κ2) is 8.01.